The van der Waals surface area contributed by atoms with Crippen molar-refractivity contribution < 1.29 is 18.0 Å². The van der Waals surface area contributed by atoms with E-state index >= 15 is 0 Å². The fraction of sp³-hybridized carbons (Fsp3) is 0.214. The number of hydrazine groups is 1. The summed E-state index contributed by atoms with van der Waals surface area (Å²) in [6.07, 6.45) is -1.13. The molecular weight excluding hydrogens is 269 g/mol. The topological polar surface area (TPSA) is 32.3 Å². The third-order valence-electron chi connectivity index (χ3n) is 2.78. The average molecular weight is 282 g/mol. The van der Waals surface area contributed by atoms with E-state index in [2.05, 4.69) is 5.43 Å². The molecule has 0 unspecified atom stereocenters. The minimum atomic E-state index is -4.40. The van der Waals surface area contributed by atoms with E-state index in [4.69, 9.17) is 0 Å². The summed E-state index contributed by atoms with van der Waals surface area (Å²) < 4.78 is 38.1. The molecule has 1 aromatic rings. The standard InChI is InChI=1S/C14H13F3N2O/c1-9-6-13(10(2)20)18-19(8-9)12-5-3-4-11(7-12)14(15,16)17/h3-8,18H,1-2H3. The predicted octanol–water partition coefficient (Wildman–Crippen LogP) is 3.41. The molecule has 1 aliphatic heterocycles. The van der Waals surface area contributed by atoms with Gasteiger partial charge in [0.1, 0.15) is 0 Å². The number of rotatable bonds is 2. The summed E-state index contributed by atoms with van der Waals surface area (Å²) in [7, 11) is 0. The summed E-state index contributed by atoms with van der Waals surface area (Å²) in [5.74, 6) is -0.186. The van der Waals surface area contributed by atoms with Crippen LogP contribution in [0.2, 0.25) is 0 Å². The summed E-state index contributed by atoms with van der Waals surface area (Å²) >= 11 is 0. The van der Waals surface area contributed by atoms with Crippen molar-refractivity contribution in [3.05, 3.63) is 53.4 Å². The molecule has 2 rings (SSSR count). The average Bonchev–Trinajstić information content (AvgIpc) is 2.37. The number of Topliss-reactive ketones (excluding diaryl/α,β-unsaturated/α-hetero) is 1. The number of ketones is 1. The molecule has 3 nitrogen and oxygen atoms in total. The van der Waals surface area contributed by atoms with E-state index in [-0.39, 0.29) is 5.78 Å². The van der Waals surface area contributed by atoms with E-state index in [0.717, 1.165) is 17.7 Å². The number of halogens is 3. The number of nitrogens with one attached hydrogen (secondary N) is 1. The van der Waals surface area contributed by atoms with Crippen molar-refractivity contribution in [2.24, 2.45) is 0 Å². The molecular formula is C14H13F3N2O. The van der Waals surface area contributed by atoms with Crippen LogP contribution in [0.4, 0.5) is 18.9 Å². The highest BCUT2D eigenvalue weighted by molar-refractivity contribution is 5.93. The largest absolute Gasteiger partial charge is 0.416 e. The molecule has 0 bridgehead atoms. The molecule has 1 aliphatic rings. The smallest absolute Gasteiger partial charge is 0.293 e. The molecule has 0 amide bonds. The Bertz CT molecular complexity index is 603. The van der Waals surface area contributed by atoms with Crippen LogP contribution in [0.15, 0.2) is 47.8 Å². The van der Waals surface area contributed by atoms with Crippen LogP contribution >= 0.6 is 0 Å². The van der Waals surface area contributed by atoms with Crippen LogP contribution in [0.3, 0.4) is 0 Å². The maximum atomic E-state index is 12.7. The van der Waals surface area contributed by atoms with Crippen LogP contribution < -0.4 is 10.4 Å². The van der Waals surface area contributed by atoms with Crippen molar-refractivity contribution in [3.63, 3.8) is 0 Å². The Morgan fingerprint density at radius 2 is 2.00 bits per heavy atom. The second kappa shape index (κ2) is 5.03. The zero-order valence-corrected chi connectivity index (χ0v) is 11.0. The molecule has 0 aliphatic carbocycles. The monoisotopic (exact) mass is 282 g/mol. The first-order valence-electron chi connectivity index (χ1n) is 5.91. The van der Waals surface area contributed by atoms with Crippen molar-refractivity contribution in [1.29, 1.82) is 0 Å². The fourth-order valence-corrected chi connectivity index (χ4v) is 1.81. The Morgan fingerprint density at radius 3 is 2.60 bits per heavy atom. The van der Waals surface area contributed by atoms with Crippen molar-refractivity contribution in [2.45, 2.75) is 20.0 Å². The van der Waals surface area contributed by atoms with E-state index in [1.807, 2.05) is 0 Å². The minimum absolute atomic E-state index is 0.186. The highest BCUT2D eigenvalue weighted by atomic mass is 19.4. The Kier molecular flexibility index (Phi) is 3.57. The van der Waals surface area contributed by atoms with Crippen molar-refractivity contribution in [2.75, 3.05) is 5.01 Å². The first-order valence-corrected chi connectivity index (χ1v) is 5.91. The number of allylic oxidation sites excluding steroid dienone is 3. The number of hydrogen-bond donors (Lipinski definition) is 1. The number of benzene rings is 1. The summed E-state index contributed by atoms with van der Waals surface area (Å²) in [5, 5.41) is 1.40. The molecule has 0 atom stereocenters. The van der Waals surface area contributed by atoms with Crippen LogP contribution in [-0.2, 0) is 11.0 Å². The molecule has 0 aromatic heterocycles. The fourth-order valence-electron chi connectivity index (χ4n) is 1.81. The molecule has 0 fully saturated rings. The zero-order chi connectivity index (χ0) is 14.9. The molecule has 1 N–H and O–H groups in total. The second-order valence-corrected chi connectivity index (χ2v) is 4.52. The first-order chi connectivity index (χ1) is 9.27. The minimum Gasteiger partial charge on any atom is -0.293 e. The van der Waals surface area contributed by atoms with Crippen LogP contribution in [0.25, 0.3) is 0 Å². The Labute approximate surface area is 114 Å². The number of alkyl halides is 3. The van der Waals surface area contributed by atoms with E-state index in [1.165, 1.54) is 24.1 Å². The summed E-state index contributed by atoms with van der Waals surface area (Å²) in [4.78, 5) is 11.4. The van der Waals surface area contributed by atoms with Gasteiger partial charge in [0.2, 0.25) is 0 Å². The molecule has 20 heavy (non-hydrogen) atoms. The molecule has 0 radical (unpaired) electrons. The lowest BCUT2D eigenvalue weighted by Gasteiger charge is -2.27. The van der Waals surface area contributed by atoms with Crippen molar-refractivity contribution in [3.8, 4) is 0 Å². The van der Waals surface area contributed by atoms with Gasteiger partial charge < -0.3 is 0 Å². The van der Waals surface area contributed by atoms with Gasteiger partial charge in [-0.2, -0.15) is 13.2 Å². The van der Waals surface area contributed by atoms with Crippen LogP contribution in [-0.4, -0.2) is 5.78 Å². The third-order valence-corrected chi connectivity index (χ3v) is 2.78. The van der Waals surface area contributed by atoms with E-state index in [9.17, 15) is 18.0 Å². The highest BCUT2D eigenvalue weighted by Gasteiger charge is 2.31. The molecule has 0 saturated carbocycles. The van der Waals surface area contributed by atoms with Gasteiger partial charge in [-0.05, 0) is 36.8 Å². The van der Waals surface area contributed by atoms with Crippen molar-refractivity contribution >= 4 is 11.5 Å². The Morgan fingerprint density at radius 1 is 1.30 bits per heavy atom. The lowest BCUT2D eigenvalue weighted by Crippen LogP contribution is -2.37. The lowest BCUT2D eigenvalue weighted by molar-refractivity contribution is -0.137. The summed E-state index contributed by atoms with van der Waals surface area (Å²) in [5.41, 5.74) is 3.46. The normalized spacial score (nSPS) is 15.3. The molecule has 1 heterocycles. The molecule has 106 valence electrons. The third kappa shape index (κ3) is 3.01. The second-order valence-electron chi connectivity index (χ2n) is 4.52. The number of carbonyl (C=O) groups excluding carboxylic acids is 1. The van der Waals surface area contributed by atoms with Gasteiger partial charge in [0.15, 0.2) is 5.78 Å². The van der Waals surface area contributed by atoms with Gasteiger partial charge in [0.25, 0.3) is 0 Å². The van der Waals surface area contributed by atoms with E-state index < -0.39 is 11.7 Å². The summed E-state index contributed by atoms with van der Waals surface area (Å²) in [6.45, 7) is 3.16. The Hall–Kier alpha value is -2.24. The number of nitrogens with zero attached hydrogens (tertiary/aromatic N) is 1. The van der Waals surface area contributed by atoms with Gasteiger partial charge in [-0.15, -0.1) is 0 Å². The maximum absolute atomic E-state index is 12.7. The SMILES string of the molecule is CC(=O)C1=CC(C)=CN(c2cccc(C(F)(F)F)c2)N1. The number of anilines is 1. The van der Waals surface area contributed by atoms with Gasteiger partial charge in [0.05, 0.1) is 16.9 Å². The van der Waals surface area contributed by atoms with Gasteiger partial charge >= 0.3 is 6.18 Å². The maximum Gasteiger partial charge on any atom is 0.416 e. The number of carbonyl (C=O) groups is 1. The zero-order valence-electron chi connectivity index (χ0n) is 11.0. The van der Waals surface area contributed by atoms with Gasteiger partial charge in [-0.25, -0.2) is 0 Å². The molecule has 0 spiro atoms. The van der Waals surface area contributed by atoms with Gasteiger partial charge in [0, 0.05) is 13.1 Å². The first kappa shape index (κ1) is 14.2. The van der Waals surface area contributed by atoms with Gasteiger partial charge in [-0.3, -0.25) is 15.2 Å². The van der Waals surface area contributed by atoms with Gasteiger partial charge in [-0.1, -0.05) is 6.07 Å². The Balaban J connectivity index is 2.34. The summed E-state index contributed by atoms with van der Waals surface area (Å²) in [6, 6.07) is 4.90. The number of hydrogen-bond acceptors (Lipinski definition) is 3. The molecule has 1 aromatic carbocycles. The predicted molar refractivity (Wildman–Crippen MR) is 69.6 cm³/mol. The van der Waals surface area contributed by atoms with Crippen LogP contribution in [0.5, 0.6) is 0 Å². The van der Waals surface area contributed by atoms with E-state index in [0.29, 0.717) is 11.4 Å². The van der Waals surface area contributed by atoms with Crippen LogP contribution in [0, 0.1) is 0 Å². The molecule has 6 heteroatoms. The molecule has 0 saturated heterocycles. The van der Waals surface area contributed by atoms with E-state index in [1.54, 1.807) is 19.2 Å². The lowest BCUT2D eigenvalue weighted by atomic mass is 10.1. The quantitative estimate of drug-likeness (QED) is 0.902. The van der Waals surface area contributed by atoms with Crippen molar-refractivity contribution in [1.82, 2.24) is 5.43 Å². The van der Waals surface area contributed by atoms with Crippen LogP contribution in [0.1, 0.15) is 19.4 Å². The highest BCUT2D eigenvalue weighted by Crippen LogP contribution is 2.32.